The average Bonchev–Trinajstić information content (AvgIpc) is 3.13. The van der Waals surface area contributed by atoms with Crippen molar-refractivity contribution in [3.8, 4) is 17.1 Å². The van der Waals surface area contributed by atoms with E-state index in [9.17, 15) is 4.79 Å². The number of ketones is 1. The van der Waals surface area contributed by atoms with Crippen LogP contribution in [0.4, 0.5) is 0 Å². The monoisotopic (exact) mass is 395 g/mol. The van der Waals surface area contributed by atoms with Gasteiger partial charge in [-0.3, -0.25) is 4.79 Å². The number of methoxy groups -OCH3 is 1. The molecule has 0 bridgehead atoms. The van der Waals surface area contributed by atoms with Crippen molar-refractivity contribution < 1.29 is 9.53 Å². The first-order chi connectivity index (χ1) is 13.6. The molecule has 1 heterocycles. The number of hydrogen-bond donors (Lipinski definition) is 0. The molecule has 0 amide bonds. The van der Waals surface area contributed by atoms with Crippen LogP contribution in [0.5, 0.6) is 5.75 Å². The molecule has 0 saturated carbocycles. The van der Waals surface area contributed by atoms with Gasteiger partial charge in [0.25, 0.3) is 0 Å². The van der Waals surface area contributed by atoms with Crippen molar-refractivity contribution in [2.45, 2.75) is 38.4 Å². The second-order valence-corrected chi connectivity index (χ2v) is 7.56. The van der Waals surface area contributed by atoms with Crippen molar-refractivity contribution in [3.63, 3.8) is 0 Å². The normalized spacial score (nSPS) is 10.8. The third kappa shape index (κ3) is 4.81. The van der Waals surface area contributed by atoms with Crippen molar-refractivity contribution in [3.05, 3.63) is 59.7 Å². The molecule has 0 atom stereocenters. The summed E-state index contributed by atoms with van der Waals surface area (Å²) < 4.78 is 7.34. The van der Waals surface area contributed by atoms with Crippen LogP contribution in [-0.4, -0.2) is 33.4 Å². The van der Waals surface area contributed by atoms with Gasteiger partial charge in [0.1, 0.15) is 5.75 Å². The quantitative estimate of drug-likeness (QED) is 0.375. The van der Waals surface area contributed by atoms with Gasteiger partial charge in [0, 0.05) is 17.7 Å². The molecular weight excluding hydrogens is 370 g/mol. The number of nitrogens with zero attached hydrogens (tertiary/aromatic N) is 3. The Hall–Kier alpha value is -2.60. The zero-order valence-electron chi connectivity index (χ0n) is 16.5. The molecule has 5 nitrogen and oxygen atoms in total. The minimum Gasteiger partial charge on any atom is -0.497 e. The molecule has 0 fully saturated rings. The lowest BCUT2D eigenvalue weighted by Crippen LogP contribution is -2.06. The van der Waals surface area contributed by atoms with Crippen LogP contribution in [0.2, 0.25) is 0 Å². The van der Waals surface area contributed by atoms with Crippen molar-refractivity contribution in [1.82, 2.24) is 14.8 Å². The predicted octanol–water partition coefficient (Wildman–Crippen LogP) is 5.04. The molecule has 6 heteroatoms. The van der Waals surface area contributed by atoms with Gasteiger partial charge in [0.05, 0.1) is 12.9 Å². The second-order valence-electron chi connectivity index (χ2n) is 6.62. The molecule has 2 aromatic carbocycles. The van der Waals surface area contributed by atoms with Gasteiger partial charge in [-0.2, -0.15) is 0 Å². The van der Waals surface area contributed by atoms with Crippen LogP contribution in [0.1, 0.15) is 35.7 Å². The lowest BCUT2D eigenvalue weighted by molar-refractivity contribution is 0.102. The van der Waals surface area contributed by atoms with E-state index >= 15 is 0 Å². The first kappa shape index (κ1) is 20.1. The van der Waals surface area contributed by atoms with Crippen molar-refractivity contribution in [2.75, 3.05) is 12.9 Å². The molecule has 3 rings (SSSR count). The molecular formula is C22H25N3O2S. The van der Waals surface area contributed by atoms with Crippen LogP contribution in [-0.2, 0) is 6.54 Å². The standard InChI is InChI=1S/C22H25N3O2S/c1-4-5-14-25-21(18-10-12-19(27-3)13-11-18)23-24-22(25)28-15-20(26)17-8-6-16(2)7-9-17/h6-13H,4-5,14-15H2,1-3H3. The van der Waals surface area contributed by atoms with Gasteiger partial charge in [-0.15, -0.1) is 10.2 Å². The zero-order chi connectivity index (χ0) is 19.9. The molecule has 3 aromatic rings. The van der Waals surface area contributed by atoms with E-state index in [1.54, 1.807) is 7.11 Å². The van der Waals surface area contributed by atoms with E-state index in [0.717, 1.165) is 52.8 Å². The van der Waals surface area contributed by atoms with Crippen molar-refractivity contribution in [1.29, 1.82) is 0 Å². The Morgan fingerprint density at radius 1 is 1.07 bits per heavy atom. The number of benzene rings is 2. The van der Waals surface area contributed by atoms with E-state index in [4.69, 9.17) is 4.74 Å². The molecule has 146 valence electrons. The van der Waals surface area contributed by atoms with Gasteiger partial charge in [-0.1, -0.05) is 54.9 Å². The Labute approximate surface area is 170 Å². The molecule has 0 unspecified atom stereocenters. The molecule has 0 N–H and O–H groups in total. The van der Waals surface area contributed by atoms with Gasteiger partial charge < -0.3 is 9.30 Å². The molecule has 0 spiro atoms. The number of unbranched alkanes of at least 4 members (excludes halogenated alkanes) is 1. The summed E-state index contributed by atoms with van der Waals surface area (Å²) in [6, 6.07) is 15.5. The summed E-state index contributed by atoms with van der Waals surface area (Å²) in [5.41, 5.74) is 2.86. The van der Waals surface area contributed by atoms with Gasteiger partial charge in [-0.05, 0) is 37.6 Å². The Balaban J connectivity index is 1.79. The van der Waals surface area contributed by atoms with Crippen molar-refractivity contribution >= 4 is 17.5 Å². The van der Waals surface area contributed by atoms with Crippen LogP contribution in [0.3, 0.4) is 0 Å². The highest BCUT2D eigenvalue weighted by molar-refractivity contribution is 7.99. The van der Waals surface area contributed by atoms with E-state index < -0.39 is 0 Å². The molecule has 0 radical (unpaired) electrons. The van der Waals surface area contributed by atoms with Crippen LogP contribution in [0.25, 0.3) is 11.4 Å². The van der Waals surface area contributed by atoms with E-state index in [1.807, 2.05) is 55.5 Å². The number of rotatable bonds is 9. The van der Waals surface area contributed by atoms with Crippen molar-refractivity contribution in [2.24, 2.45) is 0 Å². The lowest BCUT2D eigenvalue weighted by Gasteiger charge is -2.10. The smallest absolute Gasteiger partial charge is 0.191 e. The fourth-order valence-corrected chi connectivity index (χ4v) is 3.68. The summed E-state index contributed by atoms with van der Waals surface area (Å²) >= 11 is 1.44. The minimum absolute atomic E-state index is 0.0982. The third-order valence-electron chi connectivity index (χ3n) is 4.51. The van der Waals surface area contributed by atoms with E-state index in [2.05, 4.69) is 21.7 Å². The topological polar surface area (TPSA) is 57.0 Å². The second kappa shape index (κ2) is 9.55. The fraction of sp³-hybridized carbons (Fsp3) is 0.318. The first-order valence-corrected chi connectivity index (χ1v) is 10.4. The maximum absolute atomic E-state index is 12.5. The number of hydrogen-bond acceptors (Lipinski definition) is 5. The van der Waals surface area contributed by atoms with Gasteiger partial charge in [-0.25, -0.2) is 0 Å². The number of ether oxygens (including phenoxy) is 1. The number of carbonyl (C=O) groups is 1. The Bertz CT molecular complexity index is 918. The largest absolute Gasteiger partial charge is 0.497 e. The number of carbonyl (C=O) groups excluding carboxylic acids is 1. The Kier molecular flexibility index (Phi) is 6.87. The molecule has 28 heavy (non-hydrogen) atoms. The summed E-state index contributed by atoms with van der Waals surface area (Å²) in [5, 5.41) is 9.53. The summed E-state index contributed by atoms with van der Waals surface area (Å²) in [6.45, 7) is 5.00. The van der Waals surface area contributed by atoms with Gasteiger partial charge in [0.2, 0.25) is 0 Å². The maximum atomic E-state index is 12.5. The fourth-order valence-electron chi connectivity index (χ4n) is 2.82. The van der Waals surface area contributed by atoms with Gasteiger partial charge in [0.15, 0.2) is 16.8 Å². The predicted molar refractivity (Wildman–Crippen MR) is 113 cm³/mol. The number of Topliss-reactive ketones (excluding diaryl/α,β-unsaturated/α-hetero) is 1. The van der Waals surface area contributed by atoms with E-state index in [-0.39, 0.29) is 5.78 Å². The summed E-state index contributed by atoms with van der Waals surface area (Å²) in [5.74, 6) is 2.07. The Morgan fingerprint density at radius 2 is 1.79 bits per heavy atom. The zero-order valence-corrected chi connectivity index (χ0v) is 17.3. The van der Waals surface area contributed by atoms with Crippen LogP contribution >= 0.6 is 11.8 Å². The van der Waals surface area contributed by atoms with Crippen LogP contribution < -0.4 is 4.74 Å². The van der Waals surface area contributed by atoms with E-state index in [1.165, 1.54) is 11.8 Å². The highest BCUT2D eigenvalue weighted by atomic mass is 32.2. The third-order valence-corrected chi connectivity index (χ3v) is 5.47. The number of aryl methyl sites for hydroxylation is 1. The molecule has 0 aliphatic heterocycles. The highest BCUT2D eigenvalue weighted by Gasteiger charge is 2.16. The first-order valence-electron chi connectivity index (χ1n) is 9.42. The maximum Gasteiger partial charge on any atom is 0.191 e. The average molecular weight is 396 g/mol. The number of thioether (sulfide) groups is 1. The summed E-state index contributed by atoms with van der Waals surface area (Å²) in [7, 11) is 1.65. The number of aromatic nitrogens is 3. The Morgan fingerprint density at radius 3 is 2.43 bits per heavy atom. The molecule has 0 aliphatic rings. The summed E-state index contributed by atoms with van der Waals surface area (Å²) in [6.07, 6.45) is 2.10. The minimum atomic E-state index is 0.0982. The van der Waals surface area contributed by atoms with E-state index in [0.29, 0.717) is 5.75 Å². The van der Waals surface area contributed by atoms with Crippen LogP contribution in [0.15, 0.2) is 53.7 Å². The highest BCUT2D eigenvalue weighted by Crippen LogP contribution is 2.26. The molecule has 0 saturated heterocycles. The molecule has 0 aliphatic carbocycles. The summed E-state index contributed by atoms with van der Waals surface area (Å²) in [4.78, 5) is 12.5. The lowest BCUT2D eigenvalue weighted by atomic mass is 10.1. The molecule has 1 aromatic heterocycles. The SMILES string of the molecule is CCCCn1c(SCC(=O)c2ccc(C)cc2)nnc1-c1ccc(OC)cc1. The van der Waals surface area contributed by atoms with Gasteiger partial charge >= 0.3 is 0 Å². The van der Waals surface area contributed by atoms with Crippen LogP contribution in [0, 0.1) is 6.92 Å².